The molecule has 0 fully saturated rings. The molecule has 9 aromatic rings. The van der Waals surface area contributed by atoms with Crippen LogP contribution in [0.25, 0.3) is 82.1 Å². The van der Waals surface area contributed by atoms with Crippen molar-refractivity contribution >= 4 is 49.3 Å². The minimum Gasteiger partial charge on any atom is -0.309 e. The van der Waals surface area contributed by atoms with Gasteiger partial charge >= 0.3 is 6.18 Å². The van der Waals surface area contributed by atoms with Crippen molar-refractivity contribution in [3.05, 3.63) is 172 Å². The summed E-state index contributed by atoms with van der Waals surface area (Å²) in [5, 5.41) is 14.2. The van der Waals surface area contributed by atoms with Gasteiger partial charge in [0, 0.05) is 27.1 Å². The highest BCUT2D eigenvalue weighted by Gasteiger charge is 2.38. The summed E-state index contributed by atoms with van der Waals surface area (Å²) in [5.74, 6) is 0. The molecule has 0 unspecified atom stereocenters. The Morgan fingerprint density at radius 2 is 1.12 bits per heavy atom. The number of aryl methyl sites for hydroxylation is 2. The maximum absolute atomic E-state index is 15.2. The van der Waals surface area contributed by atoms with Crippen LogP contribution in [0.15, 0.2) is 121 Å². The predicted molar refractivity (Wildman–Crippen MR) is 226 cm³/mol. The summed E-state index contributed by atoms with van der Waals surface area (Å²) in [7, 11) is 0. The van der Waals surface area contributed by atoms with E-state index in [0.717, 1.165) is 71.6 Å². The number of benzene rings is 7. The third kappa shape index (κ3) is 5.42. The first-order valence-corrected chi connectivity index (χ1v) is 18.7. The molecule has 57 heavy (non-hydrogen) atoms. The second kappa shape index (κ2) is 13.0. The zero-order valence-corrected chi connectivity index (χ0v) is 32.0. The van der Waals surface area contributed by atoms with Gasteiger partial charge in [-0.3, -0.25) is 0 Å². The third-order valence-electron chi connectivity index (χ3n) is 11.5. The number of hydrogen-bond acceptors (Lipinski definition) is 1. The van der Waals surface area contributed by atoms with Gasteiger partial charge in [0.15, 0.2) is 5.69 Å². The van der Waals surface area contributed by atoms with E-state index in [2.05, 4.69) is 75.5 Å². The van der Waals surface area contributed by atoms with Crippen molar-refractivity contribution in [2.24, 2.45) is 0 Å². The Balaban J connectivity index is 1.46. The highest BCUT2D eigenvalue weighted by molar-refractivity contribution is 6.12. The van der Waals surface area contributed by atoms with Gasteiger partial charge in [-0.25, -0.2) is 4.85 Å². The highest BCUT2D eigenvalue weighted by Crippen LogP contribution is 2.47. The Bertz CT molecular complexity index is 3250. The number of halogens is 3. The number of para-hydroxylation sites is 2. The maximum Gasteiger partial charge on any atom is 0.417 e. The normalized spacial score (nSPS) is 11.8. The summed E-state index contributed by atoms with van der Waals surface area (Å²) in [6.45, 7) is 16.9. The van der Waals surface area contributed by atoms with Gasteiger partial charge in [0.2, 0.25) is 0 Å². The molecule has 0 aliphatic carbocycles. The first-order valence-electron chi connectivity index (χ1n) is 18.7. The van der Waals surface area contributed by atoms with Crippen molar-refractivity contribution < 1.29 is 13.2 Å². The fourth-order valence-corrected chi connectivity index (χ4v) is 8.82. The first-order chi connectivity index (χ1) is 27.4. The largest absolute Gasteiger partial charge is 0.417 e. The Labute approximate surface area is 328 Å². The molecule has 4 nitrogen and oxygen atoms in total. The molecule has 9 rings (SSSR count). The molecule has 0 amide bonds. The van der Waals surface area contributed by atoms with Crippen molar-refractivity contribution in [3.63, 3.8) is 0 Å². The fraction of sp³-hybridized carbons (Fsp3) is 0.120. The van der Waals surface area contributed by atoms with E-state index in [1.165, 1.54) is 6.92 Å². The van der Waals surface area contributed by atoms with E-state index in [-0.39, 0.29) is 16.7 Å². The summed E-state index contributed by atoms with van der Waals surface area (Å²) in [5.41, 5.74) is 9.87. The molecule has 2 heterocycles. The van der Waals surface area contributed by atoms with Crippen LogP contribution >= 0.6 is 0 Å². The molecule has 0 N–H and O–H groups in total. The molecule has 0 atom stereocenters. The summed E-state index contributed by atoms with van der Waals surface area (Å²) in [4.78, 5) is 3.86. The molecular weight excluding hydrogens is 714 g/mol. The molecule has 2 aromatic heterocycles. The minimum absolute atomic E-state index is 0.0419. The average molecular weight is 749 g/mol. The van der Waals surface area contributed by atoms with E-state index in [1.54, 1.807) is 19.9 Å². The lowest BCUT2D eigenvalue weighted by Crippen LogP contribution is -2.14. The van der Waals surface area contributed by atoms with E-state index >= 15 is 13.2 Å². The third-order valence-corrected chi connectivity index (χ3v) is 11.5. The van der Waals surface area contributed by atoms with E-state index in [0.29, 0.717) is 28.1 Å². The Hall–Kier alpha value is -7.09. The fourth-order valence-electron chi connectivity index (χ4n) is 8.82. The van der Waals surface area contributed by atoms with Gasteiger partial charge in [-0.15, -0.1) is 0 Å². The van der Waals surface area contributed by atoms with Gasteiger partial charge in [-0.05, 0) is 122 Å². The standard InChI is InChI=1S/C50H35F3N4/c1-28-15-19-37-35-11-7-9-13-42(35)56(45(37)23-28)44-22-18-34(55-6)26-40(44)39-21-17-33(48-31(4)30(3)41(27-54)32(5)49(48)50(51,52)53)25-47(39)57-43-14-10-8-12-36(43)38-20-16-29(2)24-46(38)57/h7-26H,1-5H3. The SMILES string of the molecule is [C-]#[N+]c1ccc(-n2c3ccccc3c3ccc(C)cc32)c(-c2ccc(-c3c(C)c(C)c(C#N)c(C)c3C(F)(F)F)cc2-n2c3ccccc3c3ccc(C)cc32)c1. The summed E-state index contributed by atoms with van der Waals surface area (Å²) in [6.07, 6.45) is -4.72. The van der Waals surface area contributed by atoms with Gasteiger partial charge in [-0.1, -0.05) is 78.9 Å². The minimum atomic E-state index is -4.72. The van der Waals surface area contributed by atoms with Gasteiger partial charge in [0.1, 0.15) is 0 Å². The smallest absolute Gasteiger partial charge is 0.309 e. The van der Waals surface area contributed by atoms with Crippen LogP contribution in [0.2, 0.25) is 0 Å². The van der Waals surface area contributed by atoms with Gasteiger partial charge < -0.3 is 9.13 Å². The summed E-state index contributed by atoms with van der Waals surface area (Å²) >= 11 is 0. The lowest BCUT2D eigenvalue weighted by Gasteiger charge is -2.24. The molecule has 0 saturated carbocycles. The average Bonchev–Trinajstić information content (AvgIpc) is 3.70. The number of nitrogens with zero attached hydrogens (tertiary/aromatic N) is 4. The Morgan fingerprint density at radius 3 is 1.68 bits per heavy atom. The van der Waals surface area contributed by atoms with Crippen LogP contribution < -0.4 is 0 Å². The molecular formula is C50H35F3N4. The van der Waals surface area contributed by atoms with Gasteiger partial charge in [-0.2, -0.15) is 18.4 Å². The zero-order chi connectivity index (χ0) is 39.9. The summed E-state index contributed by atoms with van der Waals surface area (Å²) in [6, 6.07) is 42.2. The van der Waals surface area contributed by atoms with Gasteiger partial charge in [0.25, 0.3) is 0 Å². The number of fused-ring (bicyclic) bond motifs is 6. The first kappa shape index (κ1) is 35.6. The summed E-state index contributed by atoms with van der Waals surface area (Å²) < 4.78 is 50.1. The van der Waals surface area contributed by atoms with E-state index < -0.39 is 11.7 Å². The molecule has 0 radical (unpaired) electrons. The Kier molecular flexibility index (Phi) is 8.12. The molecule has 7 heteroatoms. The molecule has 0 aliphatic rings. The van der Waals surface area contributed by atoms with Crippen molar-refractivity contribution in [2.75, 3.05) is 0 Å². The molecule has 0 bridgehead atoms. The van der Waals surface area contributed by atoms with Gasteiger partial charge in [0.05, 0.1) is 57.2 Å². The van der Waals surface area contributed by atoms with E-state index in [1.807, 2.05) is 73.7 Å². The van der Waals surface area contributed by atoms with Crippen LogP contribution in [0.3, 0.4) is 0 Å². The number of hydrogen-bond donors (Lipinski definition) is 0. The number of nitriles is 1. The Morgan fingerprint density at radius 1 is 0.561 bits per heavy atom. The van der Waals surface area contributed by atoms with Crippen LogP contribution in [0.5, 0.6) is 0 Å². The lowest BCUT2D eigenvalue weighted by atomic mass is 9.84. The van der Waals surface area contributed by atoms with Crippen molar-refractivity contribution in [1.82, 2.24) is 9.13 Å². The van der Waals surface area contributed by atoms with Crippen molar-refractivity contribution in [1.29, 1.82) is 5.26 Å². The molecule has 7 aromatic carbocycles. The zero-order valence-electron chi connectivity index (χ0n) is 32.0. The second-order valence-electron chi connectivity index (χ2n) is 14.9. The van der Waals surface area contributed by atoms with Crippen molar-refractivity contribution in [2.45, 2.75) is 40.8 Å². The maximum atomic E-state index is 15.2. The quantitative estimate of drug-likeness (QED) is 0.165. The topological polar surface area (TPSA) is 38.0 Å². The number of alkyl halides is 3. The van der Waals surface area contributed by atoms with E-state index in [4.69, 9.17) is 6.57 Å². The molecule has 0 saturated heterocycles. The van der Waals surface area contributed by atoms with E-state index in [9.17, 15) is 5.26 Å². The number of rotatable bonds is 4. The lowest BCUT2D eigenvalue weighted by molar-refractivity contribution is -0.137. The van der Waals surface area contributed by atoms with Crippen LogP contribution in [0.4, 0.5) is 18.9 Å². The molecule has 0 aliphatic heterocycles. The van der Waals surface area contributed by atoms with Crippen molar-refractivity contribution in [3.8, 4) is 39.7 Å². The van der Waals surface area contributed by atoms with Crippen LogP contribution in [-0.4, -0.2) is 9.13 Å². The van der Waals surface area contributed by atoms with Crippen LogP contribution in [0.1, 0.15) is 38.9 Å². The highest BCUT2D eigenvalue weighted by atomic mass is 19.4. The molecule has 0 spiro atoms. The predicted octanol–water partition coefficient (Wildman–Crippen LogP) is 14.2. The monoisotopic (exact) mass is 748 g/mol. The second-order valence-corrected chi connectivity index (χ2v) is 14.9. The molecule has 276 valence electrons. The van der Waals surface area contributed by atoms with Crippen LogP contribution in [-0.2, 0) is 6.18 Å². The van der Waals surface area contributed by atoms with Crippen LogP contribution in [0, 0.1) is 52.5 Å². The number of aromatic nitrogens is 2.